The molecule has 0 aromatic carbocycles. The minimum Gasteiger partial charge on any atom is -0.332 e. The lowest BCUT2D eigenvalue weighted by atomic mass is 10.2. The largest absolute Gasteiger partial charge is 0.332 e. The van der Waals surface area contributed by atoms with E-state index in [0.29, 0.717) is 23.6 Å². The van der Waals surface area contributed by atoms with E-state index in [1.807, 2.05) is 13.8 Å². The number of H-pyrrole nitrogens is 1. The van der Waals surface area contributed by atoms with Crippen molar-refractivity contribution in [1.29, 1.82) is 0 Å². The maximum absolute atomic E-state index is 11.8. The maximum Gasteiger partial charge on any atom is 0.257 e. The van der Waals surface area contributed by atoms with Gasteiger partial charge in [0.1, 0.15) is 5.82 Å². The molecule has 0 aliphatic heterocycles. The highest BCUT2D eigenvalue weighted by Crippen LogP contribution is 2.08. The highest BCUT2D eigenvalue weighted by molar-refractivity contribution is 9.09. The van der Waals surface area contributed by atoms with Crippen molar-refractivity contribution >= 4 is 26.0 Å². The first-order valence-electron chi connectivity index (χ1n) is 5.63. The summed E-state index contributed by atoms with van der Waals surface area (Å²) in [6.07, 6.45) is 3.79. The van der Waals surface area contributed by atoms with Crippen molar-refractivity contribution in [3.05, 3.63) is 12.0 Å². The van der Waals surface area contributed by atoms with Gasteiger partial charge in [0.15, 0.2) is 5.03 Å². The standard InChI is InChI=1S/C10H18BrN3O2S/c1-3-9-12-7-10(14-9)17(15,16)13-6-4-5-8(2)11/h7-8,13H,3-6H2,1-2H3,(H,12,14). The van der Waals surface area contributed by atoms with Crippen LogP contribution in [0.4, 0.5) is 0 Å². The van der Waals surface area contributed by atoms with Crippen LogP contribution in [0.25, 0.3) is 0 Å². The average Bonchev–Trinajstić information content (AvgIpc) is 2.73. The number of nitrogens with one attached hydrogen (secondary N) is 2. The Bertz CT molecular complexity index is 442. The van der Waals surface area contributed by atoms with Crippen LogP contribution in [-0.2, 0) is 16.4 Å². The summed E-state index contributed by atoms with van der Waals surface area (Å²) in [4.78, 5) is 7.17. The molecule has 98 valence electrons. The molecule has 0 spiro atoms. The van der Waals surface area contributed by atoms with Crippen LogP contribution in [0.1, 0.15) is 32.5 Å². The van der Waals surface area contributed by atoms with Gasteiger partial charge in [0.05, 0.1) is 6.20 Å². The van der Waals surface area contributed by atoms with Crippen LogP contribution in [0.15, 0.2) is 11.2 Å². The fourth-order valence-corrected chi connectivity index (χ4v) is 2.66. The summed E-state index contributed by atoms with van der Waals surface area (Å²) in [7, 11) is -3.43. The molecule has 1 atom stereocenters. The highest BCUT2D eigenvalue weighted by Gasteiger charge is 2.15. The van der Waals surface area contributed by atoms with Gasteiger partial charge in [-0.3, -0.25) is 0 Å². The predicted molar refractivity (Wildman–Crippen MR) is 70.8 cm³/mol. The molecule has 1 rings (SSSR count). The summed E-state index contributed by atoms with van der Waals surface area (Å²) >= 11 is 3.42. The second-order valence-corrected chi connectivity index (χ2v) is 7.17. The molecule has 0 saturated heterocycles. The van der Waals surface area contributed by atoms with Crippen molar-refractivity contribution in [1.82, 2.24) is 14.7 Å². The van der Waals surface area contributed by atoms with Crippen LogP contribution < -0.4 is 4.72 Å². The Morgan fingerprint density at radius 3 is 2.82 bits per heavy atom. The normalized spacial score (nSPS) is 13.8. The molecule has 5 nitrogen and oxygen atoms in total. The van der Waals surface area contributed by atoms with Crippen LogP contribution in [0, 0.1) is 0 Å². The van der Waals surface area contributed by atoms with E-state index in [1.165, 1.54) is 6.20 Å². The molecule has 17 heavy (non-hydrogen) atoms. The van der Waals surface area contributed by atoms with Gasteiger partial charge in [-0.15, -0.1) is 0 Å². The summed E-state index contributed by atoms with van der Waals surface area (Å²) in [5.41, 5.74) is 0. The predicted octanol–water partition coefficient (Wildman–Crippen LogP) is 1.81. The number of aromatic nitrogens is 2. The van der Waals surface area contributed by atoms with Crippen LogP contribution in [0.2, 0.25) is 0 Å². The van der Waals surface area contributed by atoms with E-state index < -0.39 is 10.0 Å². The number of rotatable bonds is 7. The Kier molecular flexibility index (Phi) is 5.61. The second kappa shape index (κ2) is 6.51. The summed E-state index contributed by atoms with van der Waals surface area (Å²) in [6, 6.07) is 0. The zero-order valence-corrected chi connectivity index (χ0v) is 12.4. The van der Waals surface area contributed by atoms with Crippen molar-refractivity contribution < 1.29 is 8.42 Å². The van der Waals surface area contributed by atoms with E-state index in [-0.39, 0.29) is 5.03 Å². The van der Waals surface area contributed by atoms with Gasteiger partial charge < -0.3 is 4.98 Å². The topological polar surface area (TPSA) is 74.8 Å². The van der Waals surface area contributed by atoms with Crippen molar-refractivity contribution in [2.75, 3.05) is 6.54 Å². The fraction of sp³-hybridized carbons (Fsp3) is 0.700. The first-order chi connectivity index (χ1) is 7.95. The minimum atomic E-state index is -3.43. The SMILES string of the molecule is CCc1ncc(S(=O)(=O)NCCCC(C)Br)[nH]1. The van der Waals surface area contributed by atoms with Gasteiger partial charge >= 0.3 is 0 Å². The second-order valence-electron chi connectivity index (χ2n) is 3.87. The van der Waals surface area contributed by atoms with E-state index in [0.717, 1.165) is 12.8 Å². The molecular weight excluding hydrogens is 306 g/mol. The van der Waals surface area contributed by atoms with Crippen LogP contribution >= 0.6 is 15.9 Å². The Labute approximate surface area is 111 Å². The van der Waals surface area contributed by atoms with Gasteiger partial charge in [-0.1, -0.05) is 29.8 Å². The number of imidazole rings is 1. The first kappa shape index (κ1) is 14.7. The lowest BCUT2D eigenvalue weighted by Crippen LogP contribution is -2.25. The summed E-state index contributed by atoms with van der Waals surface area (Å²) in [5, 5.41) is 0.140. The molecule has 1 unspecified atom stereocenters. The van der Waals surface area contributed by atoms with Crippen LogP contribution in [0.5, 0.6) is 0 Å². The Morgan fingerprint density at radius 1 is 1.59 bits per heavy atom. The molecule has 1 heterocycles. The molecule has 0 saturated carbocycles. The Balaban J connectivity index is 2.51. The van der Waals surface area contributed by atoms with Gasteiger partial charge in [0.2, 0.25) is 0 Å². The molecule has 1 aromatic heterocycles. The molecule has 0 radical (unpaired) electrons. The molecule has 0 bridgehead atoms. The number of aromatic amines is 1. The number of nitrogens with zero attached hydrogens (tertiary/aromatic N) is 1. The van der Waals surface area contributed by atoms with Gasteiger partial charge in [-0.05, 0) is 12.8 Å². The summed E-state index contributed by atoms with van der Waals surface area (Å²) in [6.45, 7) is 4.40. The van der Waals surface area contributed by atoms with E-state index in [9.17, 15) is 8.42 Å². The van der Waals surface area contributed by atoms with E-state index in [4.69, 9.17) is 0 Å². The maximum atomic E-state index is 11.8. The molecule has 2 N–H and O–H groups in total. The molecular formula is C10H18BrN3O2S. The van der Waals surface area contributed by atoms with Crippen LogP contribution in [0.3, 0.4) is 0 Å². The van der Waals surface area contributed by atoms with Gasteiger partial charge in [0, 0.05) is 17.8 Å². The van der Waals surface area contributed by atoms with E-state index in [1.54, 1.807) is 0 Å². The quantitative estimate of drug-likeness (QED) is 0.593. The molecule has 0 aliphatic carbocycles. The number of alkyl halides is 1. The smallest absolute Gasteiger partial charge is 0.257 e. The van der Waals surface area contributed by atoms with Gasteiger partial charge in [0.25, 0.3) is 10.0 Å². The number of halogens is 1. The average molecular weight is 324 g/mol. The molecule has 1 aromatic rings. The summed E-state index contributed by atoms with van der Waals surface area (Å²) < 4.78 is 26.2. The van der Waals surface area contributed by atoms with Crippen molar-refractivity contribution in [2.45, 2.75) is 43.0 Å². The van der Waals surface area contributed by atoms with Gasteiger partial charge in [-0.2, -0.15) is 0 Å². The zero-order valence-electron chi connectivity index (χ0n) is 10.0. The number of hydrogen-bond acceptors (Lipinski definition) is 3. The first-order valence-corrected chi connectivity index (χ1v) is 8.03. The third-order valence-electron chi connectivity index (χ3n) is 2.30. The third kappa shape index (κ3) is 4.77. The van der Waals surface area contributed by atoms with Crippen molar-refractivity contribution in [2.24, 2.45) is 0 Å². The fourth-order valence-electron chi connectivity index (χ4n) is 1.33. The lowest BCUT2D eigenvalue weighted by molar-refractivity contribution is 0.573. The van der Waals surface area contributed by atoms with Crippen molar-refractivity contribution in [3.63, 3.8) is 0 Å². The molecule has 0 amide bonds. The highest BCUT2D eigenvalue weighted by atomic mass is 79.9. The lowest BCUT2D eigenvalue weighted by Gasteiger charge is -2.05. The number of sulfonamides is 1. The van der Waals surface area contributed by atoms with Gasteiger partial charge in [-0.25, -0.2) is 18.1 Å². The Hall–Kier alpha value is -0.400. The van der Waals surface area contributed by atoms with Crippen molar-refractivity contribution in [3.8, 4) is 0 Å². The van der Waals surface area contributed by atoms with Crippen LogP contribution in [-0.4, -0.2) is 29.8 Å². The van der Waals surface area contributed by atoms with E-state index >= 15 is 0 Å². The monoisotopic (exact) mass is 323 g/mol. The number of aryl methyl sites for hydroxylation is 1. The number of hydrogen-bond donors (Lipinski definition) is 2. The minimum absolute atomic E-state index is 0.140. The zero-order chi connectivity index (χ0) is 12.9. The Morgan fingerprint density at radius 2 is 2.29 bits per heavy atom. The molecule has 0 fully saturated rings. The van der Waals surface area contributed by atoms with E-state index in [2.05, 4.69) is 30.6 Å². The molecule has 7 heteroatoms. The molecule has 0 aliphatic rings. The summed E-state index contributed by atoms with van der Waals surface area (Å²) in [5.74, 6) is 0.680. The third-order valence-corrected chi connectivity index (χ3v) is 4.13.